The highest BCUT2D eigenvalue weighted by molar-refractivity contribution is 4.64. The van der Waals surface area contributed by atoms with E-state index in [-0.39, 0.29) is 6.29 Å². The van der Waals surface area contributed by atoms with Crippen molar-refractivity contribution in [3.8, 4) is 0 Å². The summed E-state index contributed by atoms with van der Waals surface area (Å²) in [5.74, 6) is 0. The molecule has 66 valence electrons. The first kappa shape index (κ1) is 8.97. The molecule has 1 rings (SSSR count). The number of ether oxygens (including phenoxy) is 3. The monoisotopic (exact) mass is 160 g/mol. The lowest BCUT2D eigenvalue weighted by Gasteiger charge is -2.27. The first-order valence-corrected chi connectivity index (χ1v) is 4.17. The molecule has 0 N–H and O–H groups in total. The van der Waals surface area contributed by atoms with E-state index in [4.69, 9.17) is 14.2 Å². The normalized spacial score (nSPS) is 26.2. The number of hydrogen-bond donors (Lipinski definition) is 0. The van der Waals surface area contributed by atoms with Gasteiger partial charge in [-0.1, -0.05) is 0 Å². The standard InChI is InChI=1S/C8H16O3/c1-3-9-7(2)11-6-8-4-5-10-8/h7-8H,3-6H2,1-2H3/t7?,8-/m0/s1. The van der Waals surface area contributed by atoms with Crippen LogP contribution in [0.15, 0.2) is 0 Å². The van der Waals surface area contributed by atoms with E-state index in [2.05, 4.69) is 0 Å². The zero-order valence-electron chi connectivity index (χ0n) is 7.21. The SMILES string of the molecule is CCOC(C)OC[C@@H]1CCO1. The molecule has 0 aromatic rings. The third-order valence-electron chi connectivity index (χ3n) is 1.71. The van der Waals surface area contributed by atoms with E-state index < -0.39 is 0 Å². The summed E-state index contributed by atoms with van der Waals surface area (Å²) in [6, 6.07) is 0. The van der Waals surface area contributed by atoms with Crippen molar-refractivity contribution in [3.63, 3.8) is 0 Å². The molecule has 1 aliphatic heterocycles. The minimum atomic E-state index is -0.0933. The van der Waals surface area contributed by atoms with Crippen LogP contribution < -0.4 is 0 Å². The van der Waals surface area contributed by atoms with E-state index in [0.717, 1.165) is 13.0 Å². The van der Waals surface area contributed by atoms with Crippen LogP contribution in [0.4, 0.5) is 0 Å². The maximum absolute atomic E-state index is 5.34. The molecular weight excluding hydrogens is 144 g/mol. The zero-order chi connectivity index (χ0) is 8.10. The second-order valence-corrected chi connectivity index (χ2v) is 2.64. The fourth-order valence-electron chi connectivity index (χ4n) is 0.942. The lowest BCUT2D eigenvalue weighted by atomic mass is 10.2. The Hall–Kier alpha value is -0.120. The van der Waals surface area contributed by atoms with Gasteiger partial charge in [-0.2, -0.15) is 0 Å². The maximum atomic E-state index is 5.34. The second-order valence-electron chi connectivity index (χ2n) is 2.64. The van der Waals surface area contributed by atoms with Gasteiger partial charge < -0.3 is 14.2 Å². The van der Waals surface area contributed by atoms with Crippen molar-refractivity contribution in [1.29, 1.82) is 0 Å². The molecule has 3 nitrogen and oxygen atoms in total. The third-order valence-corrected chi connectivity index (χ3v) is 1.71. The van der Waals surface area contributed by atoms with Gasteiger partial charge in [-0.3, -0.25) is 0 Å². The fraction of sp³-hybridized carbons (Fsp3) is 1.00. The Bertz CT molecular complexity index is 102. The largest absolute Gasteiger partial charge is 0.376 e. The van der Waals surface area contributed by atoms with Crippen LogP contribution in [0.25, 0.3) is 0 Å². The van der Waals surface area contributed by atoms with Gasteiger partial charge in [0.15, 0.2) is 6.29 Å². The first-order valence-electron chi connectivity index (χ1n) is 4.17. The third kappa shape index (κ3) is 3.18. The van der Waals surface area contributed by atoms with Crippen molar-refractivity contribution in [2.45, 2.75) is 32.7 Å². The van der Waals surface area contributed by atoms with Gasteiger partial charge in [-0.25, -0.2) is 0 Å². The molecule has 0 aliphatic carbocycles. The van der Waals surface area contributed by atoms with E-state index in [1.165, 1.54) is 0 Å². The van der Waals surface area contributed by atoms with Crippen LogP contribution >= 0.6 is 0 Å². The van der Waals surface area contributed by atoms with Gasteiger partial charge in [-0.15, -0.1) is 0 Å². The summed E-state index contributed by atoms with van der Waals surface area (Å²) in [7, 11) is 0. The van der Waals surface area contributed by atoms with Crippen LogP contribution in [0.3, 0.4) is 0 Å². The highest BCUT2D eigenvalue weighted by Crippen LogP contribution is 2.11. The Labute approximate surface area is 67.6 Å². The summed E-state index contributed by atoms with van der Waals surface area (Å²) in [6.45, 7) is 6.12. The van der Waals surface area contributed by atoms with E-state index in [1.807, 2.05) is 13.8 Å². The van der Waals surface area contributed by atoms with Gasteiger partial charge >= 0.3 is 0 Å². The predicted molar refractivity (Wildman–Crippen MR) is 41.4 cm³/mol. The highest BCUT2D eigenvalue weighted by Gasteiger charge is 2.18. The van der Waals surface area contributed by atoms with Gasteiger partial charge in [0.1, 0.15) is 0 Å². The average molecular weight is 160 g/mol. The maximum Gasteiger partial charge on any atom is 0.154 e. The fourth-order valence-corrected chi connectivity index (χ4v) is 0.942. The van der Waals surface area contributed by atoms with Gasteiger partial charge in [-0.05, 0) is 20.3 Å². The summed E-state index contributed by atoms with van der Waals surface area (Å²) in [4.78, 5) is 0. The number of rotatable bonds is 5. The van der Waals surface area contributed by atoms with Crippen LogP contribution in [0.1, 0.15) is 20.3 Å². The van der Waals surface area contributed by atoms with E-state index in [1.54, 1.807) is 0 Å². The Kier molecular flexibility index (Phi) is 3.83. The molecule has 1 heterocycles. The molecule has 1 fully saturated rings. The minimum absolute atomic E-state index is 0.0933. The Morgan fingerprint density at radius 2 is 2.27 bits per heavy atom. The minimum Gasteiger partial charge on any atom is -0.376 e. The lowest BCUT2D eigenvalue weighted by molar-refractivity contribution is -0.172. The zero-order valence-corrected chi connectivity index (χ0v) is 7.21. The van der Waals surface area contributed by atoms with Crippen molar-refractivity contribution < 1.29 is 14.2 Å². The van der Waals surface area contributed by atoms with Gasteiger partial charge in [0.2, 0.25) is 0 Å². The Morgan fingerprint density at radius 1 is 1.55 bits per heavy atom. The molecule has 0 amide bonds. The van der Waals surface area contributed by atoms with Crippen molar-refractivity contribution in [1.82, 2.24) is 0 Å². The molecule has 2 atom stereocenters. The molecule has 3 heteroatoms. The van der Waals surface area contributed by atoms with Crippen LogP contribution in [0.5, 0.6) is 0 Å². The van der Waals surface area contributed by atoms with Gasteiger partial charge in [0.25, 0.3) is 0 Å². The van der Waals surface area contributed by atoms with Crippen LogP contribution in [0, 0.1) is 0 Å². The summed E-state index contributed by atoms with van der Waals surface area (Å²) < 4.78 is 15.7. The van der Waals surface area contributed by atoms with Gasteiger partial charge in [0.05, 0.1) is 12.7 Å². The highest BCUT2D eigenvalue weighted by atomic mass is 16.7. The topological polar surface area (TPSA) is 27.7 Å². The van der Waals surface area contributed by atoms with Gasteiger partial charge in [0, 0.05) is 13.2 Å². The molecule has 0 aromatic heterocycles. The molecule has 1 aliphatic rings. The molecule has 0 spiro atoms. The Morgan fingerprint density at radius 3 is 2.73 bits per heavy atom. The molecule has 0 bridgehead atoms. The van der Waals surface area contributed by atoms with E-state index in [9.17, 15) is 0 Å². The van der Waals surface area contributed by atoms with Crippen molar-refractivity contribution >= 4 is 0 Å². The van der Waals surface area contributed by atoms with Crippen molar-refractivity contribution in [3.05, 3.63) is 0 Å². The average Bonchev–Trinajstić information content (AvgIpc) is 1.85. The van der Waals surface area contributed by atoms with E-state index >= 15 is 0 Å². The molecule has 1 saturated heterocycles. The molecule has 0 radical (unpaired) electrons. The van der Waals surface area contributed by atoms with Crippen LogP contribution in [0.2, 0.25) is 0 Å². The van der Waals surface area contributed by atoms with Crippen molar-refractivity contribution in [2.75, 3.05) is 19.8 Å². The molecule has 1 unspecified atom stereocenters. The molecule has 0 aromatic carbocycles. The van der Waals surface area contributed by atoms with Crippen LogP contribution in [-0.2, 0) is 14.2 Å². The predicted octanol–water partition coefficient (Wildman–Crippen LogP) is 1.17. The summed E-state index contributed by atoms with van der Waals surface area (Å²) in [6.07, 6.45) is 1.35. The van der Waals surface area contributed by atoms with Crippen LogP contribution in [-0.4, -0.2) is 32.2 Å². The summed E-state index contributed by atoms with van der Waals surface area (Å²) >= 11 is 0. The van der Waals surface area contributed by atoms with E-state index in [0.29, 0.717) is 19.3 Å². The second kappa shape index (κ2) is 4.70. The Balaban J connectivity index is 1.92. The lowest BCUT2D eigenvalue weighted by Crippen LogP contribution is -2.33. The summed E-state index contributed by atoms with van der Waals surface area (Å²) in [5.41, 5.74) is 0. The molecule has 0 saturated carbocycles. The molecule has 11 heavy (non-hydrogen) atoms. The van der Waals surface area contributed by atoms with Crippen molar-refractivity contribution in [2.24, 2.45) is 0 Å². The smallest absolute Gasteiger partial charge is 0.154 e. The number of hydrogen-bond acceptors (Lipinski definition) is 3. The first-order chi connectivity index (χ1) is 5.33. The summed E-state index contributed by atoms with van der Waals surface area (Å²) in [5, 5.41) is 0. The quantitative estimate of drug-likeness (QED) is 0.565. The molecular formula is C8H16O3.